The number of amides is 2. The van der Waals surface area contributed by atoms with Crippen molar-refractivity contribution in [1.29, 1.82) is 0 Å². The van der Waals surface area contributed by atoms with E-state index in [1.54, 1.807) is 11.3 Å². The highest BCUT2D eigenvalue weighted by Gasteiger charge is 2.25. The quantitative estimate of drug-likeness (QED) is 0.741. The molecule has 0 aromatic carbocycles. The van der Waals surface area contributed by atoms with E-state index < -0.39 is 11.8 Å². The first-order valence-corrected chi connectivity index (χ1v) is 5.80. The molecule has 1 atom stereocenters. The van der Waals surface area contributed by atoms with Gasteiger partial charge in [0.1, 0.15) is 0 Å². The Hall–Kier alpha value is -1.69. The minimum absolute atomic E-state index is 0.0169. The molecular formula is C10H11N3O2S. The standard InChI is InChI=1S/C10H11N3O2S/c1-6(4-7-2-3-16-5-7)11-10-12-8(14)9(15)13-10/h2-3,5-6H,4H2,1H3,(H2,11,12,13,14,15). The lowest BCUT2D eigenvalue weighted by Gasteiger charge is -2.05. The van der Waals surface area contributed by atoms with E-state index in [0.717, 1.165) is 6.42 Å². The Balaban J connectivity index is 1.97. The van der Waals surface area contributed by atoms with E-state index in [9.17, 15) is 9.59 Å². The summed E-state index contributed by atoms with van der Waals surface area (Å²) in [7, 11) is 0. The average Bonchev–Trinajstić information content (AvgIpc) is 2.78. The smallest absolute Gasteiger partial charge is 0.288 e. The highest BCUT2D eigenvalue weighted by Crippen LogP contribution is 2.10. The molecule has 1 aliphatic rings. The highest BCUT2D eigenvalue weighted by atomic mass is 32.1. The Morgan fingerprint density at radius 2 is 2.06 bits per heavy atom. The first-order valence-electron chi connectivity index (χ1n) is 4.86. The third-order valence-electron chi connectivity index (χ3n) is 2.13. The molecule has 1 aliphatic heterocycles. The molecule has 1 unspecified atom stereocenters. The van der Waals surface area contributed by atoms with Crippen LogP contribution in [0.1, 0.15) is 12.5 Å². The summed E-state index contributed by atoms with van der Waals surface area (Å²) in [6, 6.07) is 2.05. The summed E-state index contributed by atoms with van der Waals surface area (Å²) in [6.07, 6.45) is 0.790. The fraction of sp³-hybridized carbons (Fsp3) is 0.300. The van der Waals surface area contributed by atoms with Crippen LogP contribution in [0.2, 0.25) is 0 Å². The number of guanidine groups is 1. The van der Waals surface area contributed by atoms with Crippen molar-refractivity contribution in [1.82, 2.24) is 10.6 Å². The predicted molar refractivity (Wildman–Crippen MR) is 61.2 cm³/mol. The van der Waals surface area contributed by atoms with Crippen LogP contribution in [-0.4, -0.2) is 23.8 Å². The summed E-state index contributed by atoms with van der Waals surface area (Å²) in [5.41, 5.74) is 1.21. The molecule has 2 amide bonds. The molecule has 1 aromatic heterocycles. The van der Waals surface area contributed by atoms with Crippen LogP contribution >= 0.6 is 11.3 Å². The molecule has 0 bridgehead atoms. The van der Waals surface area contributed by atoms with E-state index in [0.29, 0.717) is 0 Å². The Morgan fingerprint density at radius 3 is 2.62 bits per heavy atom. The maximum atomic E-state index is 10.9. The molecule has 0 aliphatic carbocycles. The van der Waals surface area contributed by atoms with Crippen molar-refractivity contribution < 1.29 is 9.59 Å². The molecule has 1 aromatic rings. The molecule has 2 N–H and O–H groups in total. The van der Waals surface area contributed by atoms with E-state index in [2.05, 4.69) is 21.0 Å². The first kappa shape index (κ1) is 10.8. The maximum Gasteiger partial charge on any atom is 0.316 e. The van der Waals surface area contributed by atoms with Crippen LogP contribution < -0.4 is 10.6 Å². The second kappa shape index (κ2) is 4.44. The van der Waals surface area contributed by atoms with Crippen molar-refractivity contribution in [2.24, 2.45) is 4.99 Å². The fourth-order valence-electron chi connectivity index (χ4n) is 1.44. The molecular weight excluding hydrogens is 226 g/mol. The lowest BCUT2D eigenvalue weighted by molar-refractivity contribution is -0.135. The summed E-state index contributed by atoms with van der Waals surface area (Å²) >= 11 is 1.64. The monoisotopic (exact) mass is 237 g/mol. The molecule has 0 spiro atoms. The molecule has 5 nitrogen and oxygen atoms in total. The van der Waals surface area contributed by atoms with Gasteiger partial charge in [0.2, 0.25) is 5.96 Å². The van der Waals surface area contributed by atoms with Crippen LogP contribution in [0, 0.1) is 0 Å². The number of carbonyl (C=O) groups is 2. The molecule has 0 saturated carbocycles. The van der Waals surface area contributed by atoms with E-state index in [1.807, 2.05) is 18.4 Å². The number of rotatable bonds is 3. The zero-order chi connectivity index (χ0) is 11.5. The zero-order valence-corrected chi connectivity index (χ0v) is 9.50. The second-order valence-corrected chi connectivity index (χ2v) is 4.35. The van der Waals surface area contributed by atoms with Crippen LogP contribution in [0.25, 0.3) is 0 Å². The van der Waals surface area contributed by atoms with Crippen molar-refractivity contribution in [3.63, 3.8) is 0 Å². The SMILES string of the molecule is CC(Cc1ccsc1)N=C1NC(=O)C(=O)N1. The number of thiophene rings is 1. The number of carbonyl (C=O) groups excluding carboxylic acids is 2. The summed E-state index contributed by atoms with van der Waals surface area (Å²) < 4.78 is 0. The van der Waals surface area contributed by atoms with E-state index in [1.165, 1.54) is 5.56 Å². The Kier molecular flexibility index (Phi) is 3.00. The Labute approximate surface area is 96.6 Å². The maximum absolute atomic E-state index is 10.9. The number of nitrogens with one attached hydrogen (secondary N) is 2. The zero-order valence-electron chi connectivity index (χ0n) is 8.69. The van der Waals surface area contributed by atoms with E-state index >= 15 is 0 Å². The fourth-order valence-corrected chi connectivity index (χ4v) is 2.12. The number of aliphatic imine (C=N–C) groups is 1. The molecule has 16 heavy (non-hydrogen) atoms. The molecule has 0 radical (unpaired) electrons. The van der Waals surface area contributed by atoms with Crippen LogP contribution in [0.5, 0.6) is 0 Å². The Bertz CT molecular complexity index is 421. The molecule has 2 rings (SSSR count). The number of nitrogens with zero attached hydrogens (tertiary/aromatic N) is 1. The summed E-state index contributed by atoms with van der Waals surface area (Å²) in [4.78, 5) is 26.0. The number of hydrogen-bond donors (Lipinski definition) is 2. The molecule has 2 heterocycles. The average molecular weight is 237 g/mol. The Morgan fingerprint density at radius 1 is 1.38 bits per heavy atom. The normalized spacial score (nSPS) is 16.9. The van der Waals surface area contributed by atoms with Crippen LogP contribution in [0.4, 0.5) is 0 Å². The van der Waals surface area contributed by atoms with Crippen molar-refractivity contribution in [3.05, 3.63) is 22.4 Å². The molecule has 1 fully saturated rings. The van der Waals surface area contributed by atoms with Gasteiger partial charge in [0, 0.05) is 0 Å². The van der Waals surface area contributed by atoms with Gasteiger partial charge in [-0.2, -0.15) is 11.3 Å². The summed E-state index contributed by atoms with van der Waals surface area (Å²) in [5, 5.41) is 8.80. The minimum Gasteiger partial charge on any atom is -0.288 e. The largest absolute Gasteiger partial charge is 0.316 e. The van der Waals surface area contributed by atoms with Crippen molar-refractivity contribution in [2.75, 3.05) is 0 Å². The van der Waals surface area contributed by atoms with Gasteiger partial charge in [-0.25, -0.2) is 4.99 Å². The first-order chi connectivity index (χ1) is 7.65. The van der Waals surface area contributed by atoms with E-state index in [4.69, 9.17) is 0 Å². The lowest BCUT2D eigenvalue weighted by atomic mass is 10.1. The predicted octanol–water partition coefficient (Wildman–Crippen LogP) is 0.281. The van der Waals surface area contributed by atoms with Crippen LogP contribution in [-0.2, 0) is 16.0 Å². The van der Waals surface area contributed by atoms with Crippen molar-refractivity contribution in [2.45, 2.75) is 19.4 Å². The highest BCUT2D eigenvalue weighted by molar-refractivity contribution is 7.07. The minimum atomic E-state index is -0.651. The third kappa shape index (κ3) is 2.46. The summed E-state index contributed by atoms with van der Waals surface area (Å²) in [5.74, 6) is -1.05. The van der Waals surface area contributed by atoms with Gasteiger partial charge in [-0.15, -0.1) is 0 Å². The van der Waals surface area contributed by atoms with Crippen molar-refractivity contribution in [3.8, 4) is 0 Å². The van der Waals surface area contributed by atoms with Gasteiger partial charge in [0.05, 0.1) is 6.04 Å². The number of hydrogen-bond acceptors (Lipinski definition) is 4. The van der Waals surface area contributed by atoms with Crippen LogP contribution in [0.3, 0.4) is 0 Å². The van der Waals surface area contributed by atoms with Gasteiger partial charge in [-0.1, -0.05) is 0 Å². The van der Waals surface area contributed by atoms with Gasteiger partial charge in [0.15, 0.2) is 0 Å². The summed E-state index contributed by atoms with van der Waals surface area (Å²) in [6.45, 7) is 1.93. The van der Waals surface area contributed by atoms with E-state index in [-0.39, 0.29) is 12.0 Å². The lowest BCUT2D eigenvalue weighted by Crippen LogP contribution is -2.27. The van der Waals surface area contributed by atoms with Gasteiger partial charge in [-0.05, 0) is 35.7 Å². The van der Waals surface area contributed by atoms with Gasteiger partial charge >= 0.3 is 11.8 Å². The molecule has 1 saturated heterocycles. The van der Waals surface area contributed by atoms with Crippen molar-refractivity contribution >= 4 is 29.1 Å². The molecule has 6 heteroatoms. The van der Waals surface area contributed by atoms with Crippen LogP contribution in [0.15, 0.2) is 21.8 Å². The topological polar surface area (TPSA) is 70.6 Å². The van der Waals surface area contributed by atoms with Gasteiger partial charge in [-0.3, -0.25) is 20.2 Å². The van der Waals surface area contributed by atoms with Gasteiger partial charge < -0.3 is 0 Å². The molecule has 84 valence electrons. The third-order valence-corrected chi connectivity index (χ3v) is 2.86. The van der Waals surface area contributed by atoms with Gasteiger partial charge in [0.25, 0.3) is 0 Å². The second-order valence-electron chi connectivity index (χ2n) is 3.57.